The Morgan fingerprint density at radius 2 is 1.83 bits per heavy atom. The number of hydrogen-bond acceptors (Lipinski definition) is 6. The molecule has 182 valence electrons. The fourth-order valence-corrected chi connectivity index (χ4v) is 4.55. The second-order valence-electron chi connectivity index (χ2n) is 8.76. The Morgan fingerprint density at radius 3 is 2.54 bits per heavy atom. The molecule has 4 aromatic rings. The van der Waals surface area contributed by atoms with Crippen LogP contribution in [-0.2, 0) is 17.7 Å². The van der Waals surface area contributed by atoms with Crippen molar-refractivity contribution in [3.63, 3.8) is 0 Å². The summed E-state index contributed by atoms with van der Waals surface area (Å²) in [5.74, 6) is 0.982. The van der Waals surface area contributed by atoms with E-state index in [1.165, 1.54) is 4.90 Å². The van der Waals surface area contributed by atoms with Gasteiger partial charge in [-0.1, -0.05) is 24.3 Å². The van der Waals surface area contributed by atoms with Crippen molar-refractivity contribution in [1.82, 2.24) is 19.9 Å². The van der Waals surface area contributed by atoms with E-state index in [2.05, 4.69) is 5.32 Å². The summed E-state index contributed by atoms with van der Waals surface area (Å²) < 4.78 is 12.6. The van der Waals surface area contributed by atoms with Crippen molar-refractivity contribution < 1.29 is 19.2 Å². The molecule has 0 spiro atoms. The maximum Gasteiger partial charge on any atom is 0.257 e. The van der Waals surface area contributed by atoms with Gasteiger partial charge in [0, 0.05) is 6.54 Å². The number of benzene rings is 2. The third-order valence-corrected chi connectivity index (χ3v) is 6.57. The van der Waals surface area contributed by atoms with Crippen LogP contribution in [-0.4, -0.2) is 66.9 Å². The SMILES string of the molecule is COc1ccc(CCNC(=O)c2c(N)n(CC[NH+]3CCOCC3)c3nc4ccccc4nc23)cc1. The predicted molar refractivity (Wildman–Crippen MR) is 135 cm³/mol. The number of amides is 1. The zero-order valence-corrected chi connectivity index (χ0v) is 19.9. The van der Waals surface area contributed by atoms with Crippen molar-refractivity contribution in [3.8, 4) is 5.75 Å². The molecule has 1 fully saturated rings. The lowest BCUT2D eigenvalue weighted by Crippen LogP contribution is -3.14. The molecule has 0 radical (unpaired) electrons. The molecular formula is C26H31N6O3+. The number of nitrogens with one attached hydrogen (secondary N) is 2. The first-order valence-electron chi connectivity index (χ1n) is 12.0. The van der Waals surface area contributed by atoms with Crippen molar-refractivity contribution in [2.45, 2.75) is 13.0 Å². The number of ether oxygens (including phenoxy) is 2. The number of carbonyl (C=O) groups is 1. The molecule has 3 heterocycles. The zero-order chi connectivity index (χ0) is 24.2. The number of aromatic nitrogens is 3. The molecule has 4 N–H and O–H groups in total. The molecule has 0 atom stereocenters. The molecule has 1 aliphatic heterocycles. The van der Waals surface area contributed by atoms with Crippen LogP contribution in [0.2, 0.25) is 0 Å². The first-order chi connectivity index (χ1) is 17.1. The number of methoxy groups -OCH3 is 1. The summed E-state index contributed by atoms with van der Waals surface area (Å²) in [6.07, 6.45) is 0.698. The summed E-state index contributed by atoms with van der Waals surface area (Å²) in [5.41, 5.74) is 10.8. The van der Waals surface area contributed by atoms with Gasteiger partial charge in [0.25, 0.3) is 5.91 Å². The molecule has 1 aliphatic rings. The van der Waals surface area contributed by atoms with E-state index >= 15 is 0 Å². The highest BCUT2D eigenvalue weighted by Gasteiger charge is 2.25. The van der Waals surface area contributed by atoms with Gasteiger partial charge in [0.05, 0.1) is 44.4 Å². The minimum Gasteiger partial charge on any atom is -0.497 e. The second kappa shape index (κ2) is 10.3. The Labute approximate surface area is 203 Å². The van der Waals surface area contributed by atoms with Crippen molar-refractivity contribution in [2.75, 3.05) is 52.2 Å². The maximum atomic E-state index is 13.3. The summed E-state index contributed by atoms with van der Waals surface area (Å²) >= 11 is 0. The summed E-state index contributed by atoms with van der Waals surface area (Å²) in [5, 5.41) is 3.02. The van der Waals surface area contributed by atoms with Crippen LogP contribution >= 0.6 is 0 Å². The third-order valence-electron chi connectivity index (χ3n) is 6.57. The van der Waals surface area contributed by atoms with Crippen LogP contribution in [0, 0.1) is 0 Å². The van der Waals surface area contributed by atoms with E-state index in [1.807, 2.05) is 53.1 Å². The van der Waals surface area contributed by atoms with Gasteiger partial charge < -0.3 is 30.0 Å². The molecule has 1 saturated heterocycles. The fraction of sp³-hybridized carbons (Fsp3) is 0.346. The number of carbonyl (C=O) groups excluding carboxylic acids is 1. The van der Waals surface area contributed by atoms with Crippen molar-refractivity contribution in [2.24, 2.45) is 0 Å². The van der Waals surface area contributed by atoms with E-state index in [0.29, 0.717) is 42.1 Å². The molecule has 9 nitrogen and oxygen atoms in total. The minimum atomic E-state index is -0.233. The highest BCUT2D eigenvalue weighted by molar-refractivity contribution is 6.10. The Hall–Kier alpha value is -3.69. The molecule has 1 amide bonds. The van der Waals surface area contributed by atoms with Gasteiger partial charge in [-0.25, -0.2) is 9.97 Å². The quantitative estimate of drug-likeness (QED) is 0.352. The van der Waals surface area contributed by atoms with Crippen LogP contribution in [0.25, 0.3) is 22.2 Å². The standard InChI is InChI=1S/C26H30N6O3/c1-34-19-8-6-18(7-9-19)10-11-28-26(33)22-23-25(30-21-5-3-2-4-20(21)29-23)32(24(22)27)13-12-31-14-16-35-17-15-31/h2-9H,10-17,27H2,1H3,(H,28,33)/p+1. The summed E-state index contributed by atoms with van der Waals surface area (Å²) in [7, 11) is 1.64. The average Bonchev–Trinajstić information content (AvgIpc) is 3.17. The molecule has 0 unspecified atom stereocenters. The van der Waals surface area contributed by atoms with Crippen molar-refractivity contribution in [3.05, 3.63) is 59.7 Å². The maximum absolute atomic E-state index is 13.3. The minimum absolute atomic E-state index is 0.233. The largest absolute Gasteiger partial charge is 0.497 e. The highest BCUT2D eigenvalue weighted by Crippen LogP contribution is 2.27. The van der Waals surface area contributed by atoms with Crippen LogP contribution in [0.3, 0.4) is 0 Å². The number of quaternary nitrogens is 1. The summed E-state index contributed by atoms with van der Waals surface area (Å²) in [4.78, 5) is 24.4. The van der Waals surface area contributed by atoms with E-state index in [4.69, 9.17) is 25.2 Å². The number of morpholine rings is 1. The van der Waals surface area contributed by atoms with Crippen LogP contribution in [0.4, 0.5) is 5.82 Å². The monoisotopic (exact) mass is 475 g/mol. The topological polar surface area (TPSA) is 109 Å². The molecule has 2 aromatic heterocycles. The second-order valence-corrected chi connectivity index (χ2v) is 8.76. The first kappa shape index (κ1) is 23.1. The van der Waals surface area contributed by atoms with Crippen LogP contribution in [0.1, 0.15) is 15.9 Å². The number of fused-ring (bicyclic) bond motifs is 2. The van der Waals surface area contributed by atoms with Gasteiger partial charge in [-0.15, -0.1) is 0 Å². The molecule has 9 heteroatoms. The number of nitrogen functional groups attached to an aromatic ring is 1. The van der Waals surface area contributed by atoms with E-state index in [-0.39, 0.29) is 5.91 Å². The Kier molecular flexibility index (Phi) is 6.78. The summed E-state index contributed by atoms with van der Waals surface area (Å²) in [6.45, 7) is 5.48. The van der Waals surface area contributed by atoms with Gasteiger partial charge in [-0.3, -0.25) is 4.79 Å². The number of hydrogen-bond donors (Lipinski definition) is 3. The lowest BCUT2D eigenvalue weighted by Gasteiger charge is -2.24. The lowest BCUT2D eigenvalue weighted by atomic mass is 10.1. The number of para-hydroxylation sites is 2. The van der Waals surface area contributed by atoms with Gasteiger partial charge in [0.2, 0.25) is 0 Å². The number of rotatable bonds is 8. The van der Waals surface area contributed by atoms with Gasteiger partial charge in [0.1, 0.15) is 35.7 Å². The van der Waals surface area contributed by atoms with Gasteiger partial charge in [0.15, 0.2) is 5.65 Å². The van der Waals surface area contributed by atoms with Crippen LogP contribution < -0.4 is 20.7 Å². The van der Waals surface area contributed by atoms with E-state index in [9.17, 15) is 4.79 Å². The van der Waals surface area contributed by atoms with Crippen molar-refractivity contribution >= 4 is 33.9 Å². The Balaban J connectivity index is 1.40. The van der Waals surface area contributed by atoms with Gasteiger partial charge in [-0.05, 0) is 36.2 Å². The molecular weight excluding hydrogens is 444 g/mol. The fourth-order valence-electron chi connectivity index (χ4n) is 4.55. The smallest absolute Gasteiger partial charge is 0.257 e. The number of nitrogens with two attached hydrogens (primary N) is 1. The van der Waals surface area contributed by atoms with E-state index in [0.717, 1.165) is 55.2 Å². The number of anilines is 1. The van der Waals surface area contributed by atoms with Crippen LogP contribution in [0.5, 0.6) is 5.75 Å². The Bertz CT molecular complexity index is 1330. The molecule has 5 rings (SSSR count). The van der Waals surface area contributed by atoms with E-state index < -0.39 is 0 Å². The predicted octanol–water partition coefficient (Wildman–Crippen LogP) is 1.06. The third kappa shape index (κ3) is 4.91. The Morgan fingerprint density at radius 1 is 1.11 bits per heavy atom. The van der Waals surface area contributed by atoms with E-state index in [1.54, 1.807) is 7.11 Å². The normalized spacial score (nSPS) is 14.4. The first-order valence-corrected chi connectivity index (χ1v) is 12.0. The summed E-state index contributed by atoms with van der Waals surface area (Å²) in [6, 6.07) is 15.5. The highest BCUT2D eigenvalue weighted by atomic mass is 16.5. The van der Waals surface area contributed by atoms with Crippen molar-refractivity contribution in [1.29, 1.82) is 0 Å². The number of nitrogens with zero attached hydrogens (tertiary/aromatic N) is 3. The average molecular weight is 476 g/mol. The lowest BCUT2D eigenvalue weighted by molar-refractivity contribution is -0.908. The van der Waals surface area contributed by atoms with Gasteiger partial charge in [-0.2, -0.15) is 0 Å². The van der Waals surface area contributed by atoms with Crippen LogP contribution in [0.15, 0.2) is 48.5 Å². The molecule has 0 saturated carbocycles. The molecule has 35 heavy (non-hydrogen) atoms. The zero-order valence-electron chi connectivity index (χ0n) is 19.9. The molecule has 2 aromatic carbocycles. The molecule has 0 aliphatic carbocycles. The molecule has 0 bridgehead atoms. The van der Waals surface area contributed by atoms with Gasteiger partial charge >= 0.3 is 0 Å².